The maximum atomic E-state index is 10.5. The summed E-state index contributed by atoms with van der Waals surface area (Å²) in [6.07, 6.45) is 11.9. The van der Waals surface area contributed by atoms with E-state index in [2.05, 4.69) is 69.8 Å². The molecule has 3 unspecified atom stereocenters. The second-order valence-electron chi connectivity index (χ2n) is 10.6. The zero-order chi connectivity index (χ0) is 23.7. The number of hydrogen-bond acceptors (Lipinski definition) is 2. The Kier molecular flexibility index (Phi) is 9.62. The van der Waals surface area contributed by atoms with Gasteiger partial charge in [-0.25, -0.2) is 0 Å². The zero-order valence-corrected chi connectivity index (χ0v) is 21.1. The third-order valence-corrected chi connectivity index (χ3v) is 7.52. The largest absolute Gasteiger partial charge is 0.489 e. The molecule has 1 fully saturated rings. The molecule has 3 rings (SSSR count). The number of hydrogen-bond donors (Lipinski definition) is 1. The lowest BCUT2D eigenvalue weighted by Crippen LogP contribution is -2.27. The van der Waals surface area contributed by atoms with Gasteiger partial charge in [0, 0.05) is 0 Å². The summed E-state index contributed by atoms with van der Waals surface area (Å²) in [4.78, 5) is 0. The van der Waals surface area contributed by atoms with Crippen LogP contribution in [0, 0.1) is 5.92 Å². The fourth-order valence-corrected chi connectivity index (χ4v) is 5.35. The van der Waals surface area contributed by atoms with Crippen LogP contribution in [-0.4, -0.2) is 11.2 Å². The second kappa shape index (κ2) is 12.4. The van der Waals surface area contributed by atoms with E-state index in [1.165, 1.54) is 48.8 Å². The topological polar surface area (TPSA) is 29.5 Å². The van der Waals surface area contributed by atoms with Crippen molar-refractivity contribution < 1.29 is 9.84 Å². The molecule has 33 heavy (non-hydrogen) atoms. The summed E-state index contributed by atoms with van der Waals surface area (Å²) >= 11 is 0. The number of aliphatic hydroxyl groups excluding tert-OH is 1. The van der Waals surface area contributed by atoms with Crippen LogP contribution >= 0.6 is 0 Å². The molecule has 1 N–H and O–H groups in total. The molecule has 180 valence electrons. The number of allylic oxidation sites excluding steroid dienone is 1. The standard InChI is InChI=1S/C31H44O2/c1-5-7-8-12-20-31(3,4)26-17-19-28(29-22-27(32)18-16-25(29)13-6-2)30(21-26)33-23-24-14-10-9-11-15-24/h6,9-11,14-15,17,19,21,25,27,29,32H,2,5,7-8,12-13,16,18,20,22-23H2,1,3-4H3. The summed E-state index contributed by atoms with van der Waals surface area (Å²) in [5, 5.41) is 10.5. The Balaban J connectivity index is 1.89. The van der Waals surface area contributed by atoms with Crippen molar-refractivity contribution in [3.8, 4) is 5.75 Å². The van der Waals surface area contributed by atoms with Gasteiger partial charge < -0.3 is 9.84 Å². The summed E-state index contributed by atoms with van der Waals surface area (Å²) in [7, 11) is 0. The van der Waals surface area contributed by atoms with Crippen molar-refractivity contribution in [2.45, 2.75) is 103 Å². The molecule has 2 heteroatoms. The quantitative estimate of drug-likeness (QED) is 0.261. The van der Waals surface area contributed by atoms with Crippen molar-refractivity contribution in [2.75, 3.05) is 0 Å². The van der Waals surface area contributed by atoms with E-state index < -0.39 is 0 Å². The first kappa shape index (κ1) is 25.6. The van der Waals surface area contributed by atoms with Gasteiger partial charge in [-0.05, 0) is 72.1 Å². The molecule has 0 heterocycles. The van der Waals surface area contributed by atoms with Gasteiger partial charge in [0.2, 0.25) is 0 Å². The lowest BCUT2D eigenvalue weighted by Gasteiger charge is -2.35. The van der Waals surface area contributed by atoms with Crippen LogP contribution in [0.3, 0.4) is 0 Å². The van der Waals surface area contributed by atoms with Gasteiger partial charge in [0.15, 0.2) is 0 Å². The molecule has 0 spiro atoms. The normalized spacial score (nSPS) is 21.0. The highest BCUT2D eigenvalue weighted by Gasteiger charge is 2.32. The van der Waals surface area contributed by atoms with E-state index in [4.69, 9.17) is 4.74 Å². The van der Waals surface area contributed by atoms with E-state index in [-0.39, 0.29) is 11.5 Å². The van der Waals surface area contributed by atoms with E-state index in [1.54, 1.807) is 0 Å². The van der Waals surface area contributed by atoms with Crippen LogP contribution in [0.2, 0.25) is 0 Å². The third-order valence-electron chi connectivity index (χ3n) is 7.52. The van der Waals surface area contributed by atoms with Gasteiger partial charge in [0.05, 0.1) is 6.10 Å². The Bertz CT molecular complexity index is 854. The van der Waals surface area contributed by atoms with Crippen LogP contribution < -0.4 is 4.74 Å². The molecule has 2 aromatic rings. The molecular weight excluding hydrogens is 404 g/mol. The molecule has 0 radical (unpaired) electrons. The van der Waals surface area contributed by atoms with E-state index in [0.29, 0.717) is 18.4 Å². The summed E-state index contributed by atoms with van der Waals surface area (Å²) in [6.45, 7) is 11.5. The Morgan fingerprint density at radius 2 is 1.85 bits per heavy atom. The summed E-state index contributed by atoms with van der Waals surface area (Å²) in [6, 6.07) is 17.3. The van der Waals surface area contributed by atoms with Crippen molar-refractivity contribution in [1.29, 1.82) is 0 Å². The summed E-state index contributed by atoms with van der Waals surface area (Å²) in [5.41, 5.74) is 3.90. The predicted molar refractivity (Wildman–Crippen MR) is 140 cm³/mol. The van der Waals surface area contributed by atoms with Crippen LogP contribution in [0.1, 0.15) is 101 Å². The predicted octanol–water partition coefficient (Wildman–Crippen LogP) is 8.33. The lowest BCUT2D eigenvalue weighted by atomic mass is 9.71. The molecule has 0 aliphatic heterocycles. The number of unbranched alkanes of at least 4 members (excludes halogenated alkanes) is 3. The van der Waals surface area contributed by atoms with Crippen molar-refractivity contribution in [2.24, 2.45) is 5.92 Å². The van der Waals surface area contributed by atoms with Gasteiger partial charge in [-0.3, -0.25) is 0 Å². The van der Waals surface area contributed by atoms with Crippen molar-refractivity contribution in [3.05, 3.63) is 77.9 Å². The van der Waals surface area contributed by atoms with E-state index in [1.807, 2.05) is 12.1 Å². The van der Waals surface area contributed by atoms with Gasteiger partial charge in [0.25, 0.3) is 0 Å². The van der Waals surface area contributed by atoms with Gasteiger partial charge in [0.1, 0.15) is 12.4 Å². The highest BCUT2D eigenvalue weighted by atomic mass is 16.5. The minimum atomic E-state index is -0.229. The van der Waals surface area contributed by atoms with E-state index >= 15 is 0 Å². The molecule has 0 bridgehead atoms. The molecule has 0 amide bonds. The van der Waals surface area contributed by atoms with Crippen molar-refractivity contribution >= 4 is 0 Å². The van der Waals surface area contributed by atoms with Crippen molar-refractivity contribution in [3.63, 3.8) is 0 Å². The maximum Gasteiger partial charge on any atom is 0.123 e. The highest BCUT2D eigenvalue weighted by Crippen LogP contribution is 2.45. The molecule has 2 nitrogen and oxygen atoms in total. The number of aliphatic hydroxyl groups is 1. The van der Waals surface area contributed by atoms with E-state index in [9.17, 15) is 5.11 Å². The summed E-state index contributed by atoms with van der Waals surface area (Å²) < 4.78 is 6.51. The molecule has 1 saturated carbocycles. The average Bonchev–Trinajstić information content (AvgIpc) is 2.82. The first-order valence-electron chi connectivity index (χ1n) is 13.0. The number of ether oxygens (including phenoxy) is 1. The van der Waals surface area contributed by atoms with Crippen LogP contribution in [0.25, 0.3) is 0 Å². The minimum absolute atomic E-state index is 0.115. The van der Waals surface area contributed by atoms with Crippen LogP contribution in [-0.2, 0) is 12.0 Å². The molecule has 0 saturated heterocycles. The van der Waals surface area contributed by atoms with Gasteiger partial charge in [-0.1, -0.05) is 95.0 Å². The maximum absolute atomic E-state index is 10.5. The fraction of sp³-hybridized carbons (Fsp3) is 0.548. The molecule has 0 aromatic heterocycles. The van der Waals surface area contributed by atoms with Crippen molar-refractivity contribution in [1.82, 2.24) is 0 Å². The number of rotatable bonds is 12. The van der Waals surface area contributed by atoms with Crippen LogP contribution in [0.4, 0.5) is 0 Å². The monoisotopic (exact) mass is 448 g/mol. The lowest BCUT2D eigenvalue weighted by molar-refractivity contribution is 0.0932. The highest BCUT2D eigenvalue weighted by molar-refractivity contribution is 5.43. The van der Waals surface area contributed by atoms with Gasteiger partial charge >= 0.3 is 0 Å². The Morgan fingerprint density at radius 3 is 2.58 bits per heavy atom. The van der Waals surface area contributed by atoms with Gasteiger partial charge in [-0.15, -0.1) is 6.58 Å². The third kappa shape index (κ3) is 7.21. The average molecular weight is 449 g/mol. The first-order valence-corrected chi connectivity index (χ1v) is 13.0. The Hall–Kier alpha value is -2.06. The first-order chi connectivity index (χ1) is 15.9. The fourth-order valence-electron chi connectivity index (χ4n) is 5.35. The van der Waals surface area contributed by atoms with Crippen LogP contribution in [0.5, 0.6) is 5.75 Å². The Labute approximate surface area is 202 Å². The SMILES string of the molecule is C=CCC1CCC(O)CC1c1ccc(C(C)(C)CCCCCC)cc1OCc1ccccc1. The Morgan fingerprint density at radius 1 is 1.06 bits per heavy atom. The molecule has 1 aliphatic carbocycles. The second-order valence-corrected chi connectivity index (χ2v) is 10.6. The summed E-state index contributed by atoms with van der Waals surface area (Å²) in [5.74, 6) is 1.81. The smallest absolute Gasteiger partial charge is 0.123 e. The molecular formula is C31H44O2. The zero-order valence-electron chi connectivity index (χ0n) is 21.1. The van der Waals surface area contributed by atoms with Crippen LogP contribution in [0.15, 0.2) is 61.2 Å². The molecule has 3 atom stereocenters. The van der Waals surface area contributed by atoms with E-state index in [0.717, 1.165) is 31.4 Å². The van der Waals surface area contributed by atoms with Gasteiger partial charge in [-0.2, -0.15) is 0 Å². The molecule has 2 aromatic carbocycles. The number of benzene rings is 2. The molecule has 1 aliphatic rings. The minimum Gasteiger partial charge on any atom is -0.489 e.